The molecular weight excluding hydrogens is 343 g/mol. The summed E-state index contributed by atoms with van der Waals surface area (Å²) in [5.74, 6) is -0.928. The van der Waals surface area contributed by atoms with E-state index in [-0.39, 0.29) is 11.5 Å². The van der Waals surface area contributed by atoms with Gasteiger partial charge in [-0.25, -0.2) is 9.59 Å². The molecule has 0 atom stereocenters. The van der Waals surface area contributed by atoms with Gasteiger partial charge >= 0.3 is 11.9 Å². The zero-order valence-corrected chi connectivity index (χ0v) is 11.2. The van der Waals surface area contributed by atoms with E-state index in [0.717, 1.165) is 0 Å². The number of carbonyl (C=O) groups excluding carboxylic acids is 2. The molecule has 0 aromatic heterocycles. The fourth-order valence-corrected chi connectivity index (χ4v) is 1.40. The zero-order valence-electron chi connectivity index (χ0n) is 9.06. The lowest BCUT2D eigenvalue weighted by molar-refractivity contribution is -0.223. The topological polar surface area (TPSA) is 71.1 Å². The van der Waals surface area contributed by atoms with Crippen molar-refractivity contribution in [2.45, 2.75) is 13.8 Å². The quantitative estimate of drug-likeness (QED) is 0.469. The van der Waals surface area contributed by atoms with Crippen LogP contribution in [0, 0.1) is 3.57 Å². The van der Waals surface area contributed by atoms with Crippen LogP contribution in [-0.2, 0) is 19.4 Å². The van der Waals surface area contributed by atoms with Crippen LogP contribution in [-0.4, -0.2) is 11.9 Å². The van der Waals surface area contributed by atoms with Crippen LogP contribution in [0.2, 0.25) is 0 Å². The van der Waals surface area contributed by atoms with Crippen LogP contribution in [0.1, 0.15) is 13.8 Å². The van der Waals surface area contributed by atoms with Crippen molar-refractivity contribution in [1.29, 1.82) is 0 Å². The van der Waals surface area contributed by atoms with Crippen LogP contribution in [0.25, 0.3) is 0 Å². The second-order valence-corrected chi connectivity index (χ2v) is 4.05. The van der Waals surface area contributed by atoms with Crippen LogP contribution in [0.15, 0.2) is 18.2 Å². The Hall–Kier alpha value is -1.51. The molecule has 0 bridgehead atoms. The van der Waals surface area contributed by atoms with E-state index in [1.54, 1.807) is 12.1 Å². The first-order chi connectivity index (χ1) is 8.00. The maximum absolute atomic E-state index is 10.6. The van der Waals surface area contributed by atoms with Crippen LogP contribution in [0.4, 0.5) is 0 Å². The number of para-hydroxylation sites is 1. The fourth-order valence-electron chi connectivity index (χ4n) is 0.839. The monoisotopic (exact) mass is 352 g/mol. The molecule has 0 fully saturated rings. The largest absolute Gasteiger partial charge is 0.352 e. The Kier molecular flexibility index (Phi) is 5.01. The van der Waals surface area contributed by atoms with Crippen LogP contribution >= 0.6 is 22.6 Å². The maximum Gasteiger partial charge on any atom is 0.352 e. The minimum absolute atomic E-state index is 0.133. The summed E-state index contributed by atoms with van der Waals surface area (Å²) in [4.78, 5) is 39.5. The lowest BCUT2D eigenvalue weighted by atomic mass is 10.3. The lowest BCUT2D eigenvalue weighted by Gasteiger charge is -2.09. The number of hydrogen-bond donors (Lipinski definition) is 0. The normalized spacial score (nSPS) is 9.35. The Bertz CT molecular complexity index is 431. The first kappa shape index (κ1) is 13.6. The van der Waals surface area contributed by atoms with Crippen molar-refractivity contribution in [1.82, 2.24) is 0 Å². The smallest absolute Gasteiger partial charge is 0.283 e. The molecule has 0 saturated carbocycles. The highest BCUT2D eigenvalue weighted by Gasteiger charge is 2.14. The zero-order chi connectivity index (χ0) is 12.8. The molecule has 6 nitrogen and oxygen atoms in total. The van der Waals surface area contributed by atoms with Gasteiger partial charge in [0, 0.05) is 13.8 Å². The molecule has 92 valence electrons. The van der Waals surface area contributed by atoms with E-state index in [9.17, 15) is 9.59 Å². The average Bonchev–Trinajstić information content (AvgIpc) is 2.24. The van der Waals surface area contributed by atoms with Crippen molar-refractivity contribution in [3.63, 3.8) is 0 Å². The van der Waals surface area contributed by atoms with Crippen molar-refractivity contribution in [3.05, 3.63) is 21.8 Å². The molecule has 0 unspecified atom stereocenters. The first-order valence-corrected chi connectivity index (χ1v) is 5.57. The Morgan fingerprint density at radius 1 is 1.06 bits per heavy atom. The molecule has 0 N–H and O–H groups in total. The number of benzene rings is 1. The summed E-state index contributed by atoms with van der Waals surface area (Å²) in [6.07, 6.45) is 0. The van der Waals surface area contributed by atoms with Gasteiger partial charge in [-0.05, 0) is 34.7 Å². The highest BCUT2D eigenvalue weighted by Crippen LogP contribution is 2.32. The minimum atomic E-state index is -0.609. The third-order valence-electron chi connectivity index (χ3n) is 1.42. The highest BCUT2D eigenvalue weighted by atomic mass is 127. The summed E-state index contributed by atoms with van der Waals surface area (Å²) in [7, 11) is 0. The van der Waals surface area contributed by atoms with Gasteiger partial charge in [-0.2, -0.15) is 0 Å². The summed E-state index contributed by atoms with van der Waals surface area (Å²) in [5, 5.41) is 0. The predicted molar refractivity (Wildman–Crippen MR) is 63.9 cm³/mol. The molecule has 0 amide bonds. The van der Waals surface area contributed by atoms with Gasteiger partial charge in [0.25, 0.3) is 0 Å². The number of hydrogen-bond acceptors (Lipinski definition) is 6. The third kappa shape index (κ3) is 4.47. The molecule has 7 heteroatoms. The molecule has 17 heavy (non-hydrogen) atoms. The molecule has 1 aromatic rings. The van der Waals surface area contributed by atoms with Gasteiger partial charge in [-0.3, -0.25) is 19.6 Å². The Morgan fingerprint density at radius 3 is 2.24 bits per heavy atom. The van der Waals surface area contributed by atoms with Crippen LogP contribution in [0.3, 0.4) is 0 Å². The highest BCUT2D eigenvalue weighted by molar-refractivity contribution is 14.1. The van der Waals surface area contributed by atoms with E-state index in [1.807, 2.05) is 22.6 Å². The molecule has 1 aromatic carbocycles. The van der Waals surface area contributed by atoms with Crippen molar-refractivity contribution in [2.75, 3.05) is 0 Å². The molecule has 0 aliphatic carbocycles. The molecule has 0 radical (unpaired) electrons. The van der Waals surface area contributed by atoms with Gasteiger partial charge < -0.3 is 0 Å². The molecule has 0 aliphatic rings. The van der Waals surface area contributed by atoms with Gasteiger partial charge in [0.15, 0.2) is 0 Å². The summed E-state index contributed by atoms with van der Waals surface area (Å²) in [6.45, 7) is 2.39. The summed E-state index contributed by atoms with van der Waals surface area (Å²) in [6, 6.07) is 4.88. The van der Waals surface area contributed by atoms with Crippen molar-refractivity contribution in [3.8, 4) is 11.5 Å². The molecule has 0 saturated heterocycles. The molecule has 0 spiro atoms. The van der Waals surface area contributed by atoms with Crippen molar-refractivity contribution < 1.29 is 29.1 Å². The van der Waals surface area contributed by atoms with E-state index in [1.165, 1.54) is 19.9 Å². The minimum Gasteiger partial charge on any atom is -0.283 e. The summed E-state index contributed by atoms with van der Waals surface area (Å²) >= 11 is 1.95. The number of halogens is 1. The maximum atomic E-state index is 10.6. The summed E-state index contributed by atoms with van der Waals surface area (Å²) < 4.78 is 0.633. The predicted octanol–water partition coefficient (Wildman–Crippen LogP) is 2.00. The molecule has 0 heterocycles. The van der Waals surface area contributed by atoms with Crippen molar-refractivity contribution >= 4 is 34.5 Å². The SMILES string of the molecule is CC(=O)OOc1cccc(I)c1OOC(C)=O. The Labute approximate surface area is 111 Å². The second kappa shape index (κ2) is 6.28. The second-order valence-electron chi connectivity index (χ2n) is 2.88. The molecule has 1 rings (SSSR count). The lowest BCUT2D eigenvalue weighted by Crippen LogP contribution is -2.08. The van der Waals surface area contributed by atoms with Gasteiger partial charge in [0.2, 0.25) is 11.5 Å². The third-order valence-corrected chi connectivity index (χ3v) is 2.27. The van der Waals surface area contributed by atoms with E-state index < -0.39 is 11.9 Å². The van der Waals surface area contributed by atoms with Gasteiger partial charge in [0.05, 0.1) is 3.57 Å². The number of rotatable bonds is 4. The standard InChI is InChI=1S/C10H9IO6/c1-6(12)14-16-9-5-3-4-8(11)10(9)17-15-7(2)13/h3-5H,1-2H3. The molecular formula is C10H9IO6. The van der Waals surface area contributed by atoms with Gasteiger partial charge in [-0.15, -0.1) is 0 Å². The van der Waals surface area contributed by atoms with E-state index in [2.05, 4.69) is 9.78 Å². The number of carbonyl (C=O) groups is 2. The Morgan fingerprint density at radius 2 is 1.65 bits per heavy atom. The van der Waals surface area contributed by atoms with Crippen LogP contribution < -0.4 is 9.78 Å². The molecule has 0 aliphatic heterocycles. The Balaban J connectivity index is 2.83. The van der Waals surface area contributed by atoms with Gasteiger partial charge in [0.1, 0.15) is 0 Å². The van der Waals surface area contributed by atoms with Crippen LogP contribution in [0.5, 0.6) is 11.5 Å². The average molecular weight is 352 g/mol. The van der Waals surface area contributed by atoms with Crippen molar-refractivity contribution in [2.24, 2.45) is 0 Å². The van der Waals surface area contributed by atoms with Gasteiger partial charge in [-0.1, -0.05) is 6.07 Å². The first-order valence-electron chi connectivity index (χ1n) is 4.49. The summed E-state index contributed by atoms with van der Waals surface area (Å²) in [5.41, 5.74) is 0. The fraction of sp³-hybridized carbons (Fsp3) is 0.200. The van der Waals surface area contributed by atoms with E-state index in [0.29, 0.717) is 3.57 Å². The van der Waals surface area contributed by atoms with E-state index >= 15 is 0 Å². The van der Waals surface area contributed by atoms with E-state index in [4.69, 9.17) is 9.78 Å².